The zero-order valence-electron chi connectivity index (χ0n) is 16.3. The molecule has 0 heterocycles. The summed E-state index contributed by atoms with van der Waals surface area (Å²) < 4.78 is 21.6. The predicted molar refractivity (Wildman–Crippen MR) is 104 cm³/mol. The molecule has 2 rings (SSSR count). The molecule has 0 aliphatic carbocycles. The number of methoxy groups -OCH3 is 2. The Morgan fingerprint density at radius 2 is 1.67 bits per heavy atom. The van der Waals surface area contributed by atoms with Gasteiger partial charge in [-0.2, -0.15) is 0 Å². The molecule has 0 aromatic heterocycles. The Balaban J connectivity index is 1.90. The lowest BCUT2D eigenvalue weighted by atomic mass is 10.1. The lowest BCUT2D eigenvalue weighted by Crippen LogP contribution is -2.31. The number of carbonyl (C=O) groups is 1. The number of hydrogen-bond acceptors (Lipinski definition) is 5. The molecule has 0 spiro atoms. The fourth-order valence-electron chi connectivity index (χ4n) is 2.47. The van der Waals surface area contributed by atoms with Crippen molar-refractivity contribution in [3.63, 3.8) is 0 Å². The van der Waals surface area contributed by atoms with Crippen LogP contribution >= 0.6 is 0 Å². The van der Waals surface area contributed by atoms with Crippen molar-refractivity contribution >= 4 is 5.91 Å². The molecule has 2 aromatic rings. The van der Waals surface area contributed by atoms with Crippen LogP contribution in [-0.2, 0) is 4.79 Å². The first-order chi connectivity index (χ1) is 13.1. The van der Waals surface area contributed by atoms with E-state index in [0.29, 0.717) is 23.9 Å². The van der Waals surface area contributed by atoms with Crippen molar-refractivity contribution in [3.8, 4) is 23.0 Å². The molecule has 1 N–H and O–H groups in total. The first-order valence-corrected chi connectivity index (χ1v) is 8.94. The number of ether oxygens (including phenoxy) is 4. The SMILES string of the molecule is CCCOc1ccc(C(C)NC(=O)COc2ccc(OC)cc2)cc1OC. The third-order valence-corrected chi connectivity index (χ3v) is 3.96. The average Bonchev–Trinajstić information content (AvgIpc) is 2.70. The Hall–Kier alpha value is -2.89. The second-order valence-corrected chi connectivity index (χ2v) is 6.01. The van der Waals surface area contributed by atoms with Crippen molar-refractivity contribution in [2.24, 2.45) is 0 Å². The van der Waals surface area contributed by atoms with E-state index < -0.39 is 0 Å². The van der Waals surface area contributed by atoms with Crippen LogP contribution in [0.4, 0.5) is 0 Å². The number of carbonyl (C=O) groups excluding carboxylic acids is 1. The monoisotopic (exact) mass is 373 g/mol. The van der Waals surface area contributed by atoms with E-state index in [1.54, 1.807) is 38.5 Å². The Morgan fingerprint density at radius 3 is 2.30 bits per heavy atom. The van der Waals surface area contributed by atoms with Crippen LogP contribution in [0, 0.1) is 0 Å². The highest BCUT2D eigenvalue weighted by molar-refractivity contribution is 5.78. The fraction of sp³-hybridized carbons (Fsp3) is 0.381. The molecular weight excluding hydrogens is 346 g/mol. The largest absolute Gasteiger partial charge is 0.497 e. The fourth-order valence-corrected chi connectivity index (χ4v) is 2.47. The highest BCUT2D eigenvalue weighted by Gasteiger charge is 2.13. The Labute approximate surface area is 160 Å². The van der Waals surface area contributed by atoms with Crippen molar-refractivity contribution in [2.45, 2.75) is 26.3 Å². The summed E-state index contributed by atoms with van der Waals surface area (Å²) >= 11 is 0. The number of hydrogen-bond donors (Lipinski definition) is 1. The highest BCUT2D eigenvalue weighted by atomic mass is 16.5. The minimum Gasteiger partial charge on any atom is -0.497 e. The van der Waals surface area contributed by atoms with E-state index in [0.717, 1.165) is 17.7 Å². The third-order valence-electron chi connectivity index (χ3n) is 3.96. The van der Waals surface area contributed by atoms with Gasteiger partial charge in [0.1, 0.15) is 11.5 Å². The van der Waals surface area contributed by atoms with Crippen molar-refractivity contribution in [3.05, 3.63) is 48.0 Å². The van der Waals surface area contributed by atoms with E-state index in [1.165, 1.54) is 0 Å². The third kappa shape index (κ3) is 6.09. The Morgan fingerprint density at radius 1 is 0.963 bits per heavy atom. The molecule has 1 unspecified atom stereocenters. The van der Waals surface area contributed by atoms with Crippen LogP contribution in [0.5, 0.6) is 23.0 Å². The van der Waals surface area contributed by atoms with Crippen LogP contribution < -0.4 is 24.3 Å². The lowest BCUT2D eigenvalue weighted by Gasteiger charge is -2.17. The maximum atomic E-state index is 12.2. The van der Waals surface area contributed by atoms with Crippen LogP contribution in [0.25, 0.3) is 0 Å². The van der Waals surface area contributed by atoms with Gasteiger partial charge in [0.2, 0.25) is 0 Å². The first-order valence-electron chi connectivity index (χ1n) is 8.94. The summed E-state index contributed by atoms with van der Waals surface area (Å²) in [5.74, 6) is 2.49. The topological polar surface area (TPSA) is 66.0 Å². The minimum atomic E-state index is -0.205. The molecule has 0 fully saturated rings. The van der Waals surface area contributed by atoms with Gasteiger partial charge in [0.25, 0.3) is 5.91 Å². The van der Waals surface area contributed by atoms with E-state index in [4.69, 9.17) is 18.9 Å². The van der Waals surface area contributed by atoms with Gasteiger partial charge in [-0.15, -0.1) is 0 Å². The number of benzene rings is 2. The molecule has 27 heavy (non-hydrogen) atoms. The van der Waals surface area contributed by atoms with Gasteiger partial charge in [-0.05, 0) is 55.3 Å². The second-order valence-electron chi connectivity index (χ2n) is 6.01. The lowest BCUT2D eigenvalue weighted by molar-refractivity contribution is -0.123. The molecule has 0 aliphatic rings. The zero-order valence-corrected chi connectivity index (χ0v) is 16.3. The minimum absolute atomic E-state index is 0.0640. The number of amides is 1. The Bertz CT molecular complexity index is 730. The molecule has 146 valence electrons. The Kier molecular flexibility index (Phi) is 7.79. The summed E-state index contributed by atoms with van der Waals surface area (Å²) in [7, 11) is 3.20. The molecule has 6 heteroatoms. The summed E-state index contributed by atoms with van der Waals surface area (Å²) in [4.78, 5) is 12.2. The summed E-state index contributed by atoms with van der Waals surface area (Å²) in [5.41, 5.74) is 0.925. The summed E-state index contributed by atoms with van der Waals surface area (Å²) in [6.07, 6.45) is 0.922. The van der Waals surface area contributed by atoms with Crippen LogP contribution in [0.2, 0.25) is 0 Å². The predicted octanol–water partition coefficient (Wildman–Crippen LogP) is 3.75. The molecule has 0 radical (unpaired) electrons. The maximum Gasteiger partial charge on any atom is 0.258 e. The normalized spacial score (nSPS) is 11.4. The quantitative estimate of drug-likeness (QED) is 0.687. The smallest absolute Gasteiger partial charge is 0.258 e. The first kappa shape index (κ1) is 20.4. The molecule has 6 nitrogen and oxygen atoms in total. The van der Waals surface area contributed by atoms with Gasteiger partial charge in [-0.3, -0.25) is 4.79 Å². The number of rotatable bonds is 10. The van der Waals surface area contributed by atoms with E-state index in [1.807, 2.05) is 32.0 Å². The standard InChI is InChI=1S/C21H27NO5/c1-5-12-26-19-11-6-16(13-20(19)25-4)15(2)22-21(23)14-27-18-9-7-17(24-3)8-10-18/h6-11,13,15H,5,12,14H2,1-4H3,(H,22,23). The van der Waals surface area contributed by atoms with Crippen molar-refractivity contribution < 1.29 is 23.7 Å². The molecule has 0 saturated carbocycles. The summed E-state index contributed by atoms with van der Waals surface area (Å²) in [6.45, 7) is 4.52. The van der Waals surface area contributed by atoms with Gasteiger partial charge in [-0.1, -0.05) is 13.0 Å². The van der Waals surface area contributed by atoms with Crippen LogP contribution in [0.3, 0.4) is 0 Å². The van der Waals surface area contributed by atoms with E-state index in [2.05, 4.69) is 5.32 Å². The highest BCUT2D eigenvalue weighted by Crippen LogP contribution is 2.30. The van der Waals surface area contributed by atoms with Gasteiger partial charge in [0.15, 0.2) is 18.1 Å². The summed E-state index contributed by atoms with van der Waals surface area (Å²) in [5, 5.41) is 2.92. The van der Waals surface area contributed by atoms with Crippen molar-refractivity contribution in [1.82, 2.24) is 5.32 Å². The number of nitrogens with one attached hydrogen (secondary N) is 1. The molecule has 2 aromatic carbocycles. The molecule has 0 aliphatic heterocycles. The van der Waals surface area contributed by atoms with Gasteiger partial charge in [0.05, 0.1) is 26.9 Å². The molecule has 0 bridgehead atoms. The van der Waals surface area contributed by atoms with Crippen LogP contribution in [0.15, 0.2) is 42.5 Å². The molecule has 0 saturated heterocycles. The van der Waals surface area contributed by atoms with Gasteiger partial charge >= 0.3 is 0 Å². The molecule has 1 atom stereocenters. The van der Waals surface area contributed by atoms with Crippen molar-refractivity contribution in [1.29, 1.82) is 0 Å². The van der Waals surface area contributed by atoms with Crippen LogP contribution in [-0.4, -0.2) is 33.3 Å². The summed E-state index contributed by atoms with van der Waals surface area (Å²) in [6, 6.07) is 12.6. The molecule has 1 amide bonds. The maximum absolute atomic E-state index is 12.2. The van der Waals surface area contributed by atoms with Gasteiger partial charge in [-0.25, -0.2) is 0 Å². The van der Waals surface area contributed by atoms with E-state index in [-0.39, 0.29) is 18.6 Å². The van der Waals surface area contributed by atoms with E-state index in [9.17, 15) is 4.79 Å². The zero-order chi connectivity index (χ0) is 19.6. The van der Waals surface area contributed by atoms with Gasteiger partial charge in [0, 0.05) is 0 Å². The van der Waals surface area contributed by atoms with Crippen molar-refractivity contribution in [2.75, 3.05) is 27.4 Å². The second kappa shape index (κ2) is 10.3. The van der Waals surface area contributed by atoms with Gasteiger partial charge < -0.3 is 24.3 Å². The van der Waals surface area contributed by atoms with Crippen LogP contribution in [0.1, 0.15) is 31.9 Å². The molecular formula is C21H27NO5. The average molecular weight is 373 g/mol. The van der Waals surface area contributed by atoms with E-state index >= 15 is 0 Å².